The van der Waals surface area contributed by atoms with E-state index in [1.54, 1.807) is 37.3 Å². The van der Waals surface area contributed by atoms with Crippen LogP contribution in [-0.2, 0) is 21.4 Å². The Kier molecular flexibility index (Phi) is 5.14. The third-order valence-corrected chi connectivity index (χ3v) is 6.10. The van der Waals surface area contributed by atoms with Crippen molar-refractivity contribution in [3.63, 3.8) is 0 Å². The first-order valence-corrected chi connectivity index (χ1v) is 9.53. The summed E-state index contributed by atoms with van der Waals surface area (Å²) >= 11 is 0. The molecule has 0 saturated carbocycles. The van der Waals surface area contributed by atoms with Gasteiger partial charge in [0.05, 0.1) is 11.4 Å². The lowest BCUT2D eigenvalue weighted by molar-refractivity contribution is -0.126. The average Bonchev–Trinajstić information content (AvgIpc) is 3.06. The Balaban J connectivity index is 1.54. The maximum atomic E-state index is 12.6. The normalized spacial score (nSPS) is 16.7. The SMILES string of the molecule is Cc1noc(CNC(=O)C2CCN(S(=O)(=O)c3ccccc3)CC2)n1. The molecular formula is C16H20N4O4S. The van der Waals surface area contributed by atoms with Crippen LogP contribution in [-0.4, -0.2) is 41.9 Å². The van der Waals surface area contributed by atoms with Gasteiger partial charge in [-0.2, -0.15) is 9.29 Å². The van der Waals surface area contributed by atoms with E-state index in [1.165, 1.54) is 4.31 Å². The van der Waals surface area contributed by atoms with Gasteiger partial charge in [0, 0.05) is 19.0 Å². The maximum Gasteiger partial charge on any atom is 0.246 e. The molecule has 0 aliphatic carbocycles. The van der Waals surface area contributed by atoms with Gasteiger partial charge in [-0.05, 0) is 31.9 Å². The lowest BCUT2D eigenvalue weighted by atomic mass is 9.97. The van der Waals surface area contributed by atoms with E-state index in [0.29, 0.717) is 37.6 Å². The third-order valence-electron chi connectivity index (χ3n) is 4.19. The second-order valence-electron chi connectivity index (χ2n) is 5.94. The zero-order valence-electron chi connectivity index (χ0n) is 13.9. The molecule has 1 aliphatic heterocycles. The number of carbonyl (C=O) groups is 1. The number of benzene rings is 1. The van der Waals surface area contributed by atoms with Crippen molar-refractivity contribution in [1.29, 1.82) is 0 Å². The molecule has 0 atom stereocenters. The number of aromatic nitrogens is 2. The van der Waals surface area contributed by atoms with E-state index in [9.17, 15) is 13.2 Å². The molecule has 25 heavy (non-hydrogen) atoms. The first kappa shape index (κ1) is 17.6. The number of hydrogen-bond donors (Lipinski definition) is 1. The van der Waals surface area contributed by atoms with Crippen LogP contribution >= 0.6 is 0 Å². The van der Waals surface area contributed by atoms with E-state index in [2.05, 4.69) is 15.5 Å². The third kappa shape index (κ3) is 4.05. The minimum atomic E-state index is -3.50. The van der Waals surface area contributed by atoms with Crippen LogP contribution in [0.4, 0.5) is 0 Å². The first-order valence-electron chi connectivity index (χ1n) is 8.09. The van der Waals surface area contributed by atoms with Crippen molar-refractivity contribution in [3.05, 3.63) is 42.0 Å². The molecule has 8 nitrogen and oxygen atoms in total. The number of amides is 1. The number of nitrogens with one attached hydrogen (secondary N) is 1. The lowest BCUT2D eigenvalue weighted by Gasteiger charge is -2.30. The van der Waals surface area contributed by atoms with Crippen LogP contribution in [0.2, 0.25) is 0 Å². The smallest absolute Gasteiger partial charge is 0.246 e. The predicted molar refractivity (Wildman–Crippen MR) is 88.8 cm³/mol. The molecule has 1 saturated heterocycles. The summed E-state index contributed by atoms with van der Waals surface area (Å²) in [5.74, 6) is 0.539. The Bertz CT molecular complexity index is 827. The van der Waals surface area contributed by atoms with E-state index >= 15 is 0 Å². The minimum absolute atomic E-state index is 0.118. The number of piperidine rings is 1. The van der Waals surface area contributed by atoms with E-state index < -0.39 is 10.0 Å². The highest BCUT2D eigenvalue weighted by molar-refractivity contribution is 7.89. The summed E-state index contributed by atoms with van der Waals surface area (Å²) in [7, 11) is -3.50. The molecule has 0 bridgehead atoms. The summed E-state index contributed by atoms with van der Waals surface area (Å²) in [5, 5.41) is 6.43. The number of rotatable bonds is 5. The monoisotopic (exact) mass is 364 g/mol. The summed E-state index contributed by atoms with van der Waals surface area (Å²) in [4.78, 5) is 16.5. The molecule has 134 valence electrons. The van der Waals surface area contributed by atoms with Crippen molar-refractivity contribution in [1.82, 2.24) is 19.8 Å². The molecule has 9 heteroatoms. The van der Waals surface area contributed by atoms with Crippen LogP contribution in [0, 0.1) is 12.8 Å². The van der Waals surface area contributed by atoms with Gasteiger partial charge in [-0.3, -0.25) is 4.79 Å². The number of sulfonamides is 1. The van der Waals surface area contributed by atoms with E-state index in [4.69, 9.17) is 4.52 Å². The first-order chi connectivity index (χ1) is 12.0. The lowest BCUT2D eigenvalue weighted by Crippen LogP contribution is -2.42. The fourth-order valence-electron chi connectivity index (χ4n) is 2.82. The Morgan fingerprint density at radius 1 is 1.28 bits per heavy atom. The van der Waals surface area contributed by atoms with E-state index in [0.717, 1.165) is 0 Å². The fourth-order valence-corrected chi connectivity index (χ4v) is 4.31. The molecule has 0 radical (unpaired) electrons. The summed E-state index contributed by atoms with van der Waals surface area (Å²) < 4.78 is 31.5. The topological polar surface area (TPSA) is 105 Å². The highest BCUT2D eigenvalue weighted by Crippen LogP contribution is 2.23. The zero-order valence-corrected chi connectivity index (χ0v) is 14.7. The van der Waals surface area contributed by atoms with Crippen LogP contribution in [0.5, 0.6) is 0 Å². The predicted octanol–water partition coefficient (Wildman–Crippen LogP) is 1.10. The van der Waals surface area contributed by atoms with Gasteiger partial charge in [0.2, 0.25) is 21.8 Å². The Labute approximate surface area is 146 Å². The molecule has 1 amide bonds. The summed E-state index contributed by atoms with van der Waals surface area (Å²) in [6.07, 6.45) is 0.974. The van der Waals surface area contributed by atoms with Gasteiger partial charge in [0.1, 0.15) is 0 Å². The van der Waals surface area contributed by atoms with Crippen LogP contribution in [0.15, 0.2) is 39.8 Å². The fraction of sp³-hybridized carbons (Fsp3) is 0.438. The average molecular weight is 364 g/mol. The van der Waals surface area contributed by atoms with Crippen molar-refractivity contribution >= 4 is 15.9 Å². The van der Waals surface area contributed by atoms with Crippen molar-refractivity contribution in [2.45, 2.75) is 31.2 Å². The molecule has 2 aromatic rings. The molecule has 1 aromatic heterocycles. The minimum Gasteiger partial charge on any atom is -0.347 e. The van der Waals surface area contributed by atoms with E-state index in [1.807, 2.05) is 0 Å². The molecule has 1 fully saturated rings. The molecule has 3 rings (SSSR count). The van der Waals surface area contributed by atoms with Crippen LogP contribution in [0.3, 0.4) is 0 Å². The summed E-state index contributed by atoms with van der Waals surface area (Å²) in [6.45, 7) is 2.55. The zero-order chi connectivity index (χ0) is 17.9. The van der Waals surface area contributed by atoms with Crippen molar-refractivity contribution in [2.75, 3.05) is 13.1 Å². The second-order valence-corrected chi connectivity index (χ2v) is 7.88. The van der Waals surface area contributed by atoms with Crippen LogP contribution < -0.4 is 5.32 Å². The molecule has 2 heterocycles. The second kappa shape index (κ2) is 7.32. The molecule has 0 unspecified atom stereocenters. The van der Waals surface area contributed by atoms with Crippen LogP contribution in [0.25, 0.3) is 0 Å². The number of aryl methyl sites for hydroxylation is 1. The Morgan fingerprint density at radius 2 is 1.96 bits per heavy atom. The van der Waals surface area contributed by atoms with Gasteiger partial charge >= 0.3 is 0 Å². The van der Waals surface area contributed by atoms with Crippen molar-refractivity contribution in [2.24, 2.45) is 5.92 Å². The largest absolute Gasteiger partial charge is 0.347 e. The summed E-state index contributed by atoms with van der Waals surface area (Å²) in [6, 6.07) is 8.35. The Morgan fingerprint density at radius 3 is 2.56 bits per heavy atom. The number of carbonyl (C=O) groups excluding carboxylic acids is 1. The highest BCUT2D eigenvalue weighted by atomic mass is 32.2. The number of hydrogen-bond acceptors (Lipinski definition) is 6. The van der Waals surface area contributed by atoms with Gasteiger partial charge in [0.15, 0.2) is 5.82 Å². The molecule has 1 aromatic carbocycles. The summed E-state index contributed by atoms with van der Waals surface area (Å²) in [5.41, 5.74) is 0. The van der Waals surface area contributed by atoms with Crippen molar-refractivity contribution < 1.29 is 17.7 Å². The Hall–Kier alpha value is -2.26. The number of nitrogens with zero attached hydrogens (tertiary/aromatic N) is 3. The molecular weight excluding hydrogens is 344 g/mol. The van der Waals surface area contributed by atoms with E-state index in [-0.39, 0.29) is 23.3 Å². The van der Waals surface area contributed by atoms with Gasteiger partial charge in [-0.15, -0.1) is 0 Å². The van der Waals surface area contributed by atoms with Gasteiger partial charge < -0.3 is 9.84 Å². The van der Waals surface area contributed by atoms with Gasteiger partial charge in [-0.25, -0.2) is 8.42 Å². The highest BCUT2D eigenvalue weighted by Gasteiger charge is 2.32. The van der Waals surface area contributed by atoms with Crippen molar-refractivity contribution in [3.8, 4) is 0 Å². The molecule has 1 aliphatic rings. The molecule has 1 N–H and O–H groups in total. The molecule has 0 spiro atoms. The van der Waals surface area contributed by atoms with Crippen LogP contribution in [0.1, 0.15) is 24.6 Å². The quantitative estimate of drug-likeness (QED) is 0.851. The standard InChI is InChI=1S/C16H20N4O4S/c1-12-18-15(24-19-12)11-17-16(21)13-7-9-20(10-8-13)25(22,23)14-5-3-2-4-6-14/h2-6,13H,7-11H2,1H3,(H,17,21). The van der Waals surface area contributed by atoms with Gasteiger partial charge in [0.25, 0.3) is 0 Å². The maximum absolute atomic E-state index is 12.6. The van der Waals surface area contributed by atoms with Gasteiger partial charge in [-0.1, -0.05) is 23.4 Å².